The van der Waals surface area contributed by atoms with Crippen LogP contribution in [-0.4, -0.2) is 46.5 Å². The number of ether oxygens (including phenoxy) is 3. The molecule has 0 fully saturated rings. The third-order valence-corrected chi connectivity index (χ3v) is 4.78. The van der Waals surface area contributed by atoms with E-state index in [1.54, 1.807) is 18.7 Å². The summed E-state index contributed by atoms with van der Waals surface area (Å²) in [4.78, 5) is 12.8. The Morgan fingerprint density at radius 1 is 1.33 bits per heavy atom. The molecule has 1 aliphatic heterocycles. The van der Waals surface area contributed by atoms with Crippen LogP contribution in [0.5, 0.6) is 11.5 Å². The molecule has 0 aliphatic carbocycles. The van der Waals surface area contributed by atoms with Crippen molar-refractivity contribution in [2.45, 2.75) is 39.2 Å². The van der Waals surface area contributed by atoms with E-state index in [4.69, 9.17) is 14.2 Å². The van der Waals surface area contributed by atoms with Crippen molar-refractivity contribution in [1.82, 2.24) is 20.2 Å². The number of carbonyl (C=O) groups excluding carboxylic acids is 1. The Morgan fingerprint density at radius 3 is 2.90 bits per heavy atom. The van der Waals surface area contributed by atoms with Gasteiger partial charge in [-0.1, -0.05) is 43.6 Å². The first-order valence-electron chi connectivity index (χ1n) is 9.95. The first kappa shape index (κ1) is 21.4. The third-order valence-electron chi connectivity index (χ3n) is 4.78. The summed E-state index contributed by atoms with van der Waals surface area (Å²) in [7, 11) is 1.59. The Balaban J connectivity index is 1.96. The van der Waals surface area contributed by atoms with Gasteiger partial charge in [0.2, 0.25) is 5.95 Å². The second-order valence-electron chi connectivity index (χ2n) is 6.87. The van der Waals surface area contributed by atoms with Crippen molar-refractivity contribution in [1.29, 1.82) is 0 Å². The SMILES string of the molecule is C=CCOC(=O)C1=C(C)Nc2nnnn2C1c1ccc(OCCCCC)c(OC)c1. The lowest BCUT2D eigenvalue weighted by Crippen LogP contribution is -2.29. The quantitative estimate of drug-likeness (QED) is 0.360. The summed E-state index contributed by atoms with van der Waals surface area (Å²) >= 11 is 0. The number of hydrogen-bond acceptors (Lipinski definition) is 8. The predicted octanol–water partition coefficient (Wildman–Crippen LogP) is 3.27. The van der Waals surface area contributed by atoms with E-state index < -0.39 is 12.0 Å². The summed E-state index contributed by atoms with van der Waals surface area (Å²) in [5.74, 6) is 1.20. The topological polar surface area (TPSA) is 100 Å². The molecular formula is C21H27N5O4. The Kier molecular flexibility index (Phi) is 7.05. The van der Waals surface area contributed by atoms with E-state index >= 15 is 0 Å². The van der Waals surface area contributed by atoms with Gasteiger partial charge < -0.3 is 19.5 Å². The fourth-order valence-corrected chi connectivity index (χ4v) is 3.30. The molecule has 0 radical (unpaired) electrons. The largest absolute Gasteiger partial charge is 0.493 e. The van der Waals surface area contributed by atoms with Crippen molar-refractivity contribution in [2.24, 2.45) is 0 Å². The van der Waals surface area contributed by atoms with E-state index in [-0.39, 0.29) is 6.61 Å². The second kappa shape index (κ2) is 9.91. The zero-order valence-electron chi connectivity index (χ0n) is 17.6. The molecule has 3 rings (SSSR count). The molecule has 1 atom stereocenters. The van der Waals surface area contributed by atoms with Crippen LogP contribution in [0.25, 0.3) is 0 Å². The second-order valence-corrected chi connectivity index (χ2v) is 6.87. The van der Waals surface area contributed by atoms with Gasteiger partial charge in [0.1, 0.15) is 12.6 Å². The van der Waals surface area contributed by atoms with Gasteiger partial charge in [-0.2, -0.15) is 4.68 Å². The van der Waals surface area contributed by atoms with Crippen molar-refractivity contribution >= 4 is 11.9 Å². The minimum Gasteiger partial charge on any atom is -0.493 e. The molecule has 2 aromatic rings. The molecule has 1 aromatic heterocycles. The molecule has 1 aliphatic rings. The van der Waals surface area contributed by atoms with Crippen LogP contribution in [0.3, 0.4) is 0 Å². The molecule has 2 heterocycles. The first-order valence-corrected chi connectivity index (χ1v) is 9.95. The van der Waals surface area contributed by atoms with Crippen molar-refractivity contribution in [3.8, 4) is 11.5 Å². The zero-order valence-corrected chi connectivity index (χ0v) is 17.6. The number of esters is 1. The molecule has 1 unspecified atom stereocenters. The molecule has 1 aromatic carbocycles. The lowest BCUT2D eigenvalue weighted by molar-refractivity contribution is -0.138. The van der Waals surface area contributed by atoms with Crippen molar-refractivity contribution in [3.63, 3.8) is 0 Å². The number of hydrogen-bond donors (Lipinski definition) is 1. The number of methoxy groups -OCH3 is 1. The molecule has 160 valence electrons. The Bertz CT molecular complexity index is 937. The summed E-state index contributed by atoms with van der Waals surface area (Å²) < 4.78 is 18.3. The number of unbranched alkanes of at least 4 members (excludes halogenated alkanes) is 2. The summed E-state index contributed by atoms with van der Waals surface area (Å²) in [5, 5.41) is 14.8. The molecule has 0 saturated carbocycles. The van der Waals surface area contributed by atoms with Crippen LogP contribution in [-0.2, 0) is 9.53 Å². The number of fused-ring (bicyclic) bond motifs is 1. The Hall–Kier alpha value is -3.36. The minimum absolute atomic E-state index is 0.110. The van der Waals surface area contributed by atoms with Gasteiger partial charge in [-0.3, -0.25) is 0 Å². The van der Waals surface area contributed by atoms with Crippen LogP contribution < -0.4 is 14.8 Å². The Morgan fingerprint density at radius 2 is 2.17 bits per heavy atom. The van der Waals surface area contributed by atoms with Crippen LogP contribution in [0.15, 0.2) is 42.1 Å². The van der Waals surface area contributed by atoms with Gasteiger partial charge in [-0.15, -0.1) is 0 Å². The van der Waals surface area contributed by atoms with Gasteiger partial charge >= 0.3 is 5.97 Å². The summed E-state index contributed by atoms with van der Waals surface area (Å²) in [6, 6.07) is 4.99. The maximum atomic E-state index is 12.8. The Labute approximate surface area is 175 Å². The highest BCUT2D eigenvalue weighted by molar-refractivity contribution is 5.92. The van der Waals surface area contributed by atoms with E-state index in [1.165, 1.54) is 6.08 Å². The highest BCUT2D eigenvalue weighted by Crippen LogP contribution is 2.38. The molecule has 30 heavy (non-hydrogen) atoms. The number of rotatable bonds is 10. The molecular weight excluding hydrogens is 386 g/mol. The molecule has 1 N–H and O–H groups in total. The maximum absolute atomic E-state index is 12.8. The number of anilines is 1. The molecule has 0 bridgehead atoms. The van der Waals surface area contributed by atoms with E-state index in [0.717, 1.165) is 24.8 Å². The van der Waals surface area contributed by atoms with Gasteiger partial charge in [-0.05, 0) is 41.5 Å². The smallest absolute Gasteiger partial charge is 0.338 e. The summed E-state index contributed by atoms with van der Waals surface area (Å²) in [6.45, 7) is 8.26. The third kappa shape index (κ3) is 4.45. The van der Waals surface area contributed by atoms with E-state index in [9.17, 15) is 4.79 Å². The average molecular weight is 413 g/mol. The minimum atomic E-state index is -0.573. The normalized spacial score (nSPS) is 15.2. The fraction of sp³-hybridized carbons (Fsp3) is 0.429. The van der Waals surface area contributed by atoms with Gasteiger partial charge in [0.05, 0.1) is 19.3 Å². The molecule has 9 heteroatoms. The van der Waals surface area contributed by atoms with E-state index in [1.807, 2.05) is 18.2 Å². The highest BCUT2D eigenvalue weighted by atomic mass is 16.5. The molecule has 0 saturated heterocycles. The zero-order chi connectivity index (χ0) is 21.5. The van der Waals surface area contributed by atoms with Crippen LogP contribution in [0, 0.1) is 0 Å². The highest BCUT2D eigenvalue weighted by Gasteiger charge is 2.35. The summed E-state index contributed by atoms with van der Waals surface area (Å²) in [6.07, 6.45) is 4.73. The number of nitrogens with zero attached hydrogens (tertiary/aromatic N) is 4. The van der Waals surface area contributed by atoms with Crippen LogP contribution in [0.1, 0.15) is 44.7 Å². The lowest BCUT2D eigenvalue weighted by Gasteiger charge is -2.27. The number of nitrogens with one attached hydrogen (secondary N) is 1. The van der Waals surface area contributed by atoms with Crippen LogP contribution in [0.4, 0.5) is 5.95 Å². The molecule has 9 nitrogen and oxygen atoms in total. The number of tetrazole rings is 1. The van der Waals surface area contributed by atoms with Crippen LogP contribution in [0.2, 0.25) is 0 Å². The molecule has 0 amide bonds. The number of aromatic nitrogens is 4. The van der Waals surface area contributed by atoms with Crippen molar-refractivity contribution in [2.75, 3.05) is 25.6 Å². The fourth-order valence-electron chi connectivity index (χ4n) is 3.30. The van der Waals surface area contributed by atoms with Gasteiger partial charge in [0.15, 0.2) is 11.5 Å². The standard InChI is InChI=1S/C21H27N5O4/c1-5-7-8-12-29-16-10-9-15(13-17(16)28-4)19-18(20(27)30-11-6-2)14(3)22-21-23-24-25-26(19)21/h6,9-10,13,19H,2,5,7-8,11-12H2,1,3-4H3,(H,22,23,25). The molecule has 0 spiro atoms. The number of benzene rings is 1. The van der Waals surface area contributed by atoms with Gasteiger partial charge in [0.25, 0.3) is 0 Å². The first-order chi connectivity index (χ1) is 14.6. The van der Waals surface area contributed by atoms with Crippen LogP contribution >= 0.6 is 0 Å². The van der Waals surface area contributed by atoms with Gasteiger partial charge in [0, 0.05) is 5.70 Å². The predicted molar refractivity (Wildman–Crippen MR) is 111 cm³/mol. The lowest BCUT2D eigenvalue weighted by atomic mass is 9.95. The van der Waals surface area contributed by atoms with Crippen molar-refractivity contribution < 1.29 is 19.0 Å². The van der Waals surface area contributed by atoms with Crippen molar-refractivity contribution in [3.05, 3.63) is 47.7 Å². The number of allylic oxidation sites excluding steroid dienone is 1. The maximum Gasteiger partial charge on any atom is 0.338 e. The number of carbonyl (C=O) groups is 1. The summed E-state index contributed by atoms with van der Waals surface area (Å²) in [5.41, 5.74) is 1.80. The monoisotopic (exact) mass is 413 g/mol. The van der Waals surface area contributed by atoms with Gasteiger partial charge in [-0.25, -0.2) is 4.79 Å². The van der Waals surface area contributed by atoms with E-state index in [0.29, 0.717) is 35.3 Å². The average Bonchev–Trinajstić information content (AvgIpc) is 3.22. The van der Waals surface area contributed by atoms with E-state index in [2.05, 4.69) is 34.3 Å².